The Morgan fingerprint density at radius 3 is 2.62 bits per heavy atom. The summed E-state index contributed by atoms with van der Waals surface area (Å²) >= 11 is 0.474. The molecule has 7 heteroatoms. The summed E-state index contributed by atoms with van der Waals surface area (Å²) in [5, 5.41) is 6.04. The fraction of sp³-hybridized carbons (Fsp3) is 0.357. The van der Waals surface area contributed by atoms with Gasteiger partial charge in [0, 0.05) is 23.5 Å². The van der Waals surface area contributed by atoms with Crippen LogP contribution in [0.2, 0.25) is 0 Å². The second-order valence-electron chi connectivity index (χ2n) is 4.40. The van der Waals surface area contributed by atoms with Crippen molar-refractivity contribution in [3.05, 3.63) is 41.5 Å². The van der Waals surface area contributed by atoms with Crippen LogP contribution in [0.1, 0.15) is 16.8 Å². The van der Waals surface area contributed by atoms with Gasteiger partial charge in [-0.05, 0) is 37.2 Å². The smallest absolute Gasteiger partial charge is 0.288 e. The maximum Gasteiger partial charge on any atom is 0.288 e. The number of carbonyl (C=O) groups is 1. The number of thioether (sulfide) groups is 1. The molecule has 0 bridgehead atoms. The highest BCUT2D eigenvalue weighted by Gasteiger charge is 2.09. The molecule has 1 heterocycles. The van der Waals surface area contributed by atoms with E-state index in [2.05, 4.69) is 16.7 Å². The van der Waals surface area contributed by atoms with Crippen molar-refractivity contribution in [2.75, 3.05) is 19.6 Å². The predicted molar refractivity (Wildman–Crippen MR) is 83.5 cm³/mol. The SMILES string of the molecule is Cl.O=C(NCC1=CCNCC1)c1ccc(SC(F)F)cc1. The summed E-state index contributed by atoms with van der Waals surface area (Å²) in [7, 11) is 0. The zero-order chi connectivity index (χ0) is 14.4. The Labute approximate surface area is 133 Å². The molecule has 21 heavy (non-hydrogen) atoms. The van der Waals surface area contributed by atoms with Crippen molar-refractivity contribution in [2.45, 2.75) is 17.1 Å². The molecule has 3 nitrogen and oxygen atoms in total. The molecule has 0 spiro atoms. The molecular formula is C14H17ClF2N2OS. The number of halogens is 3. The van der Waals surface area contributed by atoms with Gasteiger partial charge in [0.15, 0.2) is 0 Å². The topological polar surface area (TPSA) is 41.1 Å². The van der Waals surface area contributed by atoms with Crippen molar-refractivity contribution in [3.8, 4) is 0 Å². The van der Waals surface area contributed by atoms with E-state index in [4.69, 9.17) is 0 Å². The molecule has 0 atom stereocenters. The number of hydrogen-bond acceptors (Lipinski definition) is 3. The lowest BCUT2D eigenvalue weighted by Crippen LogP contribution is -2.29. The Hall–Kier alpha value is -1.11. The molecule has 0 radical (unpaired) electrons. The van der Waals surface area contributed by atoms with Crippen LogP contribution in [0.15, 0.2) is 40.8 Å². The van der Waals surface area contributed by atoms with Crippen LogP contribution in [0, 0.1) is 0 Å². The molecule has 0 unspecified atom stereocenters. The summed E-state index contributed by atoms with van der Waals surface area (Å²) in [4.78, 5) is 12.4. The van der Waals surface area contributed by atoms with E-state index < -0.39 is 5.76 Å². The van der Waals surface area contributed by atoms with Crippen LogP contribution in [-0.2, 0) is 0 Å². The molecule has 1 aliphatic heterocycles. The van der Waals surface area contributed by atoms with E-state index in [-0.39, 0.29) is 18.3 Å². The molecule has 1 aliphatic rings. The summed E-state index contributed by atoms with van der Waals surface area (Å²) in [5.74, 6) is -2.63. The van der Waals surface area contributed by atoms with Gasteiger partial charge in [0.2, 0.25) is 0 Å². The molecule has 1 aromatic rings. The third-order valence-electron chi connectivity index (χ3n) is 2.98. The third-order valence-corrected chi connectivity index (χ3v) is 3.70. The summed E-state index contributed by atoms with van der Waals surface area (Å²) in [5.41, 5.74) is 1.69. The lowest BCUT2D eigenvalue weighted by atomic mass is 10.1. The van der Waals surface area contributed by atoms with Gasteiger partial charge in [0.1, 0.15) is 0 Å². The average Bonchev–Trinajstić information content (AvgIpc) is 2.46. The van der Waals surface area contributed by atoms with Crippen LogP contribution in [0.3, 0.4) is 0 Å². The molecule has 116 valence electrons. The number of hydrogen-bond donors (Lipinski definition) is 2. The fourth-order valence-corrected chi connectivity index (χ4v) is 2.41. The highest BCUT2D eigenvalue weighted by molar-refractivity contribution is 7.99. The van der Waals surface area contributed by atoms with Crippen molar-refractivity contribution in [1.82, 2.24) is 10.6 Å². The maximum absolute atomic E-state index is 12.2. The van der Waals surface area contributed by atoms with Crippen molar-refractivity contribution < 1.29 is 13.6 Å². The Balaban J connectivity index is 0.00000220. The van der Waals surface area contributed by atoms with Crippen LogP contribution >= 0.6 is 24.2 Å². The molecule has 2 rings (SSSR count). The lowest BCUT2D eigenvalue weighted by molar-refractivity contribution is 0.0956. The van der Waals surface area contributed by atoms with Gasteiger partial charge in [0.25, 0.3) is 11.7 Å². The Bertz CT molecular complexity index is 494. The van der Waals surface area contributed by atoms with Crippen LogP contribution in [0.5, 0.6) is 0 Å². The first-order valence-electron chi connectivity index (χ1n) is 6.37. The third kappa shape index (κ3) is 6.03. The molecule has 1 amide bonds. The summed E-state index contributed by atoms with van der Waals surface area (Å²) < 4.78 is 24.4. The van der Waals surface area contributed by atoms with Crippen LogP contribution < -0.4 is 10.6 Å². The molecule has 0 fully saturated rings. The standard InChI is InChI=1S/C14H16F2N2OS.ClH/c15-14(16)20-12-3-1-11(2-4-12)13(19)18-9-10-5-7-17-8-6-10;/h1-5,14,17H,6-9H2,(H,18,19);1H. The number of alkyl halides is 2. The van der Waals surface area contributed by atoms with E-state index in [1.807, 2.05) is 0 Å². The van der Waals surface area contributed by atoms with Crippen molar-refractivity contribution in [2.24, 2.45) is 0 Å². The van der Waals surface area contributed by atoms with Gasteiger partial charge >= 0.3 is 0 Å². The second kappa shape index (κ2) is 9.02. The number of carbonyl (C=O) groups excluding carboxylic acids is 1. The van der Waals surface area contributed by atoms with E-state index in [0.29, 0.717) is 28.8 Å². The number of amides is 1. The minimum atomic E-state index is -2.44. The van der Waals surface area contributed by atoms with Crippen LogP contribution in [0.4, 0.5) is 8.78 Å². The molecule has 2 N–H and O–H groups in total. The van der Waals surface area contributed by atoms with Crippen molar-refractivity contribution in [3.63, 3.8) is 0 Å². The van der Waals surface area contributed by atoms with Crippen LogP contribution in [-0.4, -0.2) is 31.3 Å². The van der Waals surface area contributed by atoms with Gasteiger partial charge in [0.05, 0.1) is 0 Å². The largest absolute Gasteiger partial charge is 0.348 e. The highest BCUT2D eigenvalue weighted by Crippen LogP contribution is 2.25. The van der Waals surface area contributed by atoms with Crippen molar-refractivity contribution in [1.29, 1.82) is 0 Å². The molecule has 0 aromatic heterocycles. The van der Waals surface area contributed by atoms with E-state index in [9.17, 15) is 13.6 Å². The van der Waals surface area contributed by atoms with Gasteiger partial charge in [-0.2, -0.15) is 8.78 Å². The molecule has 0 saturated carbocycles. The first-order chi connectivity index (χ1) is 9.65. The number of nitrogens with one attached hydrogen (secondary N) is 2. The first-order valence-corrected chi connectivity index (χ1v) is 7.25. The summed E-state index contributed by atoms with van der Waals surface area (Å²) in [6.07, 6.45) is 3.01. The second-order valence-corrected chi connectivity index (χ2v) is 5.47. The van der Waals surface area contributed by atoms with E-state index in [0.717, 1.165) is 19.5 Å². The maximum atomic E-state index is 12.2. The van der Waals surface area contributed by atoms with Gasteiger partial charge in [-0.15, -0.1) is 12.4 Å². The molecular weight excluding hydrogens is 318 g/mol. The highest BCUT2D eigenvalue weighted by atomic mass is 35.5. The monoisotopic (exact) mass is 334 g/mol. The Morgan fingerprint density at radius 1 is 1.33 bits per heavy atom. The zero-order valence-electron chi connectivity index (χ0n) is 11.3. The van der Waals surface area contributed by atoms with Crippen molar-refractivity contribution >= 4 is 30.1 Å². The Morgan fingerprint density at radius 2 is 2.05 bits per heavy atom. The average molecular weight is 335 g/mol. The summed E-state index contributed by atoms with van der Waals surface area (Å²) in [6, 6.07) is 6.21. The molecule has 0 aliphatic carbocycles. The number of rotatable bonds is 5. The van der Waals surface area contributed by atoms with Gasteiger partial charge in [-0.3, -0.25) is 4.79 Å². The quantitative estimate of drug-likeness (QED) is 0.642. The van der Waals surface area contributed by atoms with E-state index in [1.54, 1.807) is 12.1 Å². The molecule has 0 saturated heterocycles. The van der Waals surface area contributed by atoms with Crippen LogP contribution in [0.25, 0.3) is 0 Å². The number of benzene rings is 1. The lowest BCUT2D eigenvalue weighted by Gasteiger charge is -2.14. The predicted octanol–water partition coefficient (Wildman–Crippen LogP) is 3.07. The van der Waals surface area contributed by atoms with Gasteiger partial charge in [-0.25, -0.2) is 0 Å². The van der Waals surface area contributed by atoms with E-state index >= 15 is 0 Å². The van der Waals surface area contributed by atoms with Gasteiger partial charge in [-0.1, -0.05) is 23.4 Å². The Kier molecular flexibility index (Phi) is 7.71. The van der Waals surface area contributed by atoms with Gasteiger partial charge < -0.3 is 10.6 Å². The zero-order valence-corrected chi connectivity index (χ0v) is 12.9. The minimum Gasteiger partial charge on any atom is -0.348 e. The minimum absolute atomic E-state index is 0. The first kappa shape index (κ1) is 17.9. The summed E-state index contributed by atoms with van der Waals surface area (Å²) in [6.45, 7) is 2.31. The van der Waals surface area contributed by atoms with E-state index in [1.165, 1.54) is 17.7 Å². The normalized spacial score (nSPS) is 14.3. The fourth-order valence-electron chi connectivity index (χ4n) is 1.91. The molecule has 1 aromatic carbocycles.